The molecule has 3 fully saturated rings. The van der Waals surface area contributed by atoms with Crippen LogP contribution in [0.5, 0.6) is 0 Å². The molecule has 1 amide bonds. The Morgan fingerprint density at radius 1 is 1.21 bits per heavy atom. The molecule has 3 aliphatic rings. The van der Waals surface area contributed by atoms with E-state index < -0.39 is 0 Å². The minimum atomic E-state index is -0.142. The fourth-order valence-corrected chi connectivity index (χ4v) is 5.61. The summed E-state index contributed by atoms with van der Waals surface area (Å²) in [6.07, 6.45) is 9.51. The highest BCUT2D eigenvalue weighted by Gasteiger charge is 2.41. The van der Waals surface area contributed by atoms with Crippen molar-refractivity contribution < 1.29 is 9.21 Å². The lowest BCUT2D eigenvalue weighted by atomic mass is 9.74. The molecule has 178 valence electrons. The summed E-state index contributed by atoms with van der Waals surface area (Å²) in [5, 5.41) is 3.06. The zero-order valence-electron chi connectivity index (χ0n) is 20.0. The predicted molar refractivity (Wildman–Crippen MR) is 130 cm³/mol. The molecular weight excluding hydrogens is 426 g/mol. The summed E-state index contributed by atoms with van der Waals surface area (Å²) in [7, 11) is 0. The minimum Gasteiger partial charge on any atom is -0.459 e. The van der Waals surface area contributed by atoms with Crippen molar-refractivity contribution in [2.24, 2.45) is 5.92 Å². The Labute approximate surface area is 201 Å². The van der Waals surface area contributed by atoms with Gasteiger partial charge in [-0.15, -0.1) is 0 Å². The van der Waals surface area contributed by atoms with E-state index in [1.54, 1.807) is 24.5 Å². The van der Waals surface area contributed by atoms with Crippen LogP contribution >= 0.6 is 0 Å². The molecule has 6 heterocycles. The first-order valence-electron chi connectivity index (χ1n) is 12.5. The van der Waals surface area contributed by atoms with Gasteiger partial charge in [0.1, 0.15) is 0 Å². The highest BCUT2D eigenvalue weighted by Crippen LogP contribution is 2.42. The second-order valence-electron chi connectivity index (χ2n) is 9.52. The number of fused-ring (bicyclic) bond motifs is 3. The predicted octanol–water partition coefficient (Wildman–Crippen LogP) is 4.64. The van der Waals surface area contributed by atoms with Crippen molar-refractivity contribution in [2.45, 2.75) is 57.4 Å². The molecule has 0 aromatic carbocycles. The van der Waals surface area contributed by atoms with Crippen molar-refractivity contribution in [1.29, 1.82) is 0 Å². The lowest BCUT2D eigenvalue weighted by Crippen LogP contribution is -2.56. The number of pyridine rings is 1. The van der Waals surface area contributed by atoms with Crippen LogP contribution in [0, 0.1) is 5.92 Å². The maximum absolute atomic E-state index is 12.3. The maximum atomic E-state index is 12.3. The van der Waals surface area contributed by atoms with Crippen LogP contribution in [0.1, 0.15) is 73.3 Å². The quantitative estimate of drug-likeness (QED) is 0.528. The van der Waals surface area contributed by atoms with Gasteiger partial charge in [0.15, 0.2) is 11.6 Å². The first-order valence-corrected chi connectivity index (χ1v) is 12.5. The summed E-state index contributed by atoms with van der Waals surface area (Å²) >= 11 is 0. The summed E-state index contributed by atoms with van der Waals surface area (Å²) < 4.78 is 5.22. The number of nitrogens with zero attached hydrogens (tertiary/aromatic N) is 4. The number of furan rings is 1. The second-order valence-corrected chi connectivity index (χ2v) is 9.52. The van der Waals surface area contributed by atoms with Crippen molar-refractivity contribution in [1.82, 2.24) is 25.2 Å². The van der Waals surface area contributed by atoms with Gasteiger partial charge in [-0.2, -0.15) is 0 Å². The van der Waals surface area contributed by atoms with Crippen molar-refractivity contribution >= 4 is 5.91 Å². The van der Waals surface area contributed by atoms with E-state index in [9.17, 15) is 4.79 Å². The van der Waals surface area contributed by atoms with E-state index in [0.717, 1.165) is 55.1 Å². The van der Waals surface area contributed by atoms with Gasteiger partial charge in [0.2, 0.25) is 0 Å². The SMILES string of the molecule is CCC(CC)c1cc([C@H]2CN3CC[C@H]2C[C@@H]3CNC(=O)c2ccco2)nc(-c2ccncc2)n1. The van der Waals surface area contributed by atoms with E-state index in [1.165, 1.54) is 12.7 Å². The van der Waals surface area contributed by atoms with Crippen LogP contribution in [-0.2, 0) is 0 Å². The molecule has 6 rings (SSSR count). The monoisotopic (exact) mass is 459 g/mol. The Morgan fingerprint density at radius 2 is 2.03 bits per heavy atom. The number of carbonyl (C=O) groups is 1. The van der Waals surface area contributed by atoms with E-state index in [0.29, 0.717) is 36.1 Å². The van der Waals surface area contributed by atoms with Crippen molar-refractivity contribution in [3.8, 4) is 11.4 Å². The van der Waals surface area contributed by atoms with Crippen molar-refractivity contribution in [3.05, 3.63) is 66.1 Å². The highest BCUT2D eigenvalue weighted by atomic mass is 16.3. The van der Waals surface area contributed by atoms with Gasteiger partial charge in [0.05, 0.1) is 6.26 Å². The summed E-state index contributed by atoms with van der Waals surface area (Å²) in [6, 6.07) is 10.0. The number of rotatable bonds is 8. The number of nitrogens with one attached hydrogen (secondary N) is 1. The Balaban J connectivity index is 1.36. The number of amides is 1. The third-order valence-corrected chi connectivity index (χ3v) is 7.61. The van der Waals surface area contributed by atoms with Gasteiger partial charge in [0, 0.05) is 60.3 Å². The molecule has 2 bridgehead atoms. The van der Waals surface area contributed by atoms with Gasteiger partial charge in [-0.05, 0) is 68.5 Å². The minimum absolute atomic E-state index is 0.142. The Morgan fingerprint density at radius 3 is 2.71 bits per heavy atom. The van der Waals surface area contributed by atoms with E-state index >= 15 is 0 Å². The average Bonchev–Trinajstić information content (AvgIpc) is 3.44. The molecular formula is C27H33N5O2. The molecule has 0 radical (unpaired) electrons. The topological polar surface area (TPSA) is 84.2 Å². The Bertz CT molecular complexity index is 1100. The first-order chi connectivity index (χ1) is 16.7. The first kappa shape index (κ1) is 22.7. The molecule has 34 heavy (non-hydrogen) atoms. The molecule has 0 spiro atoms. The summed E-state index contributed by atoms with van der Waals surface area (Å²) in [6.45, 7) is 7.16. The zero-order chi connectivity index (χ0) is 23.5. The highest BCUT2D eigenvalue weighted by molar-refractivity contribution is 5.91. The van der Waals surface area contributed by atoms with Crippen LogP contribution in [-0.4, -0.2) is 51.4 Å². The smallest absolute Gasteiger partial charge is 0.287 e. The van der Waals surface area contributed by atoms with Crippen LogP contribution < -0.4 is 5.32 Å². The fraction of sp³-hybridized carbons (Fsp3) is 0.481. The molecule has 7 heteroatoms. The number of carbonyl (C=O) groups excluding carboxylic acids is 1. The van der Waals surface area contributed by atoms with E-state index in [4.69, 9.17) is 14.4 Å². The third-order valence-electron chi connectivity index (χ3n) is 7.61. The summed E-state index contributed by atoms with van der Waals surface area (Å²) in [5.74, 6) is 2.42. The zero-order valence-corrected chi connectivity index (χ0v) is 20.0. The molecule has 7 nitrogen and oxygen atoms in total. The normalized spacial score (nSPS) is 23.9. The largest absolute Gasteiger partial charge is 0.459 e. The molecule has 4 atom stereocenters. The number of hydrogen-bond donors (Lipinski definition) is 1. The number of piperidine rings is 3. The maximum Gasteiger partial charge on any atom is 0.287 e. The number of hydrogen-bond acceptors (Lipinski definition) is 6. The van der Waals surface area contributed by atoms with Gasteiger partial charge >= 0.3 is 0 Å². The fourth-order valence-electron chi connectivity index (χ4n) is 5.61. The van der Waals surface area contributed by atoms with Crippen LogP contribution in [0.3, 0.4) is 0 Å². The van der Waals surface area contributed by atoms with Gasteiger partial charge in [-0.3, -0.25) is 14.7 Å². The molecule has 1 unspecified atom stereocenters. The molecule has 3 aromatic rings. The molecule has 3 saturated heterocycles. The Hall–Kier alpha value is -3.06. The van der Waals surface area contributed by atoms with E-state index in [1.807, 2.05) is 12.1 Å². The average molecular weight is 460 g/mol. The standard InChI is InChI=1S/C27H33N5O2/c1-3-18(4-2)23-15-24(31-26(30-23)19-7-10-28-11-8-19)22-17-32-12-9-20(22)14-21(32)16-29-27(33)25-6-5-13-34-25/h5-8,10-11,13,15,18,20-22H,3-4,9,12,14,16-17H2,1-2H3,(H,29,33)/t20-,21+,22-/m0/s1. The molecule has 0 aliphatic carbocycles. The lowest BCUT2D eigenvalue weighted by molar-refractivity contribution is 0.0288. The molecule has 3 aliphatic heterocycles. The molecule has 1 N–H and O–H groups in total. The van der Waals surface area contributed by atoms with Crippen LogP contribution in [0.15, 0.2) is 53.4 Å². The third kappa shape index (κ3) is 4.62. The van der Waals surface area contributed by atoms with Crippen molar-refractivity contribution in [2.75, 3.05) is 19.6 Å². The summed E-state index contributed by atoms with van der Waals surface area (Å²) in [4.78, 5) is 29.1. The van der Waals surface area contributed by atoms with Crippen molar-refractivity contribution in [3.63, 3.8) is 0 Å². The van der Waals surface area contributed by atoms with E-state index in [2.05, 4.69) is 35.1 Å². The van der Waals surface area contributed by atoms with E-state index in [-0.39, 0.29) is 5.91 Å². The van der Waals surface area contributed by atoms with Gasteiger partial charge in [-0.25, -0.2) is 9.97 Å². The lowest BCUT2D eigenvalue weighted by Gasteiger charge is -2.49. The number of aromatic nitrogens is 3. The molecule has 0 saturated carbocycles. The van der Waals surface area contributed by atoms with Crippen LogP contribution in [0.4, 0.5) is 0 Å². The van der Waals surface area contributed by atoms with Crippen LogP contribution in [0.25, 0.3) is 11.4 Å². The van der Waals surface area contributed by atoms with Crippen LogP contribution in [0.2, 0.25) is 0 Å². The molecule has 3 aromatic heterocycles. The summed E-state index contributed by atoms with van der Waals surface area (Å²) in [5.41, 5.74) is 3.33. The van der Waals surface area contributed by atoms with Gasteiger partial charge in [0.25, 0.3) is 5.91 Å². The van der Waals surface area contributed by atoms with Gasteiger partial charge in [-0.1, -0.05) is 13.8 Å². The second kappa shape index (κ2) is 10.1. The Kier molecular flexibility index (Phi) is 6.72. The van der Waals surface area contributed by atoms with Gasteiger partial charge < -0.3 is 9.73 Å².